The van der Waals surface area contributed by atoms with Crippen LogP contribution in [-0.2, 0) is 0 Å². The van der Waals surface area contributed by atoms with Crippen molar-refractivity contribution in [1.29, 1.82) is 0 Å². The van der Waals surface area contributed by atoms with Crippen LogP contribution in [0.2, 0.25) is 5.28 Å². The summed E-state index contributed by atoms with van der Waals surface area (Å²) in [5.41, 5.74) is 0. The van der Waals surface area contributed by atoms with Crippen LogP contribution in [0.1, 0.15) is 0 Å². The number of aromatic nitrogens is 6. The van der Waals surface area contributed by atoms with Crippen molar-refractivity contribution in [1.82, 2.24) is 29.9 Å². The lowest BCUT2D eigenvalue weighted by atomic mass is 10.3. The highest BCUT2D eigenvalue weighted by Crippen LogP contribution is 2.27. The lowest BCUT2D eigenvalue weighted by Gasteiger charge is -2.13. The van der Waals surface area contributed by atoms with Gasteiger partial charge in [-0.05, 0) is 35.5 Å². The summed E-state index contributed by atoms with van der Waals surface area (Å²) in [4.78, 5) is 29.1. The molecule has 0 aliphatic rings. The summed E-state index contributed by atoms with van der Waals surface area (Å²) >= 11 is 7.14. The lowest BCUT2D eigenvalue weighted by molar-refractivity contribution is 0.432. The predicted octanol–water partition coefficient (Wildman–Crippen LogP) is 2.79. The van der Waals surface area contributed by atoms with Crippen LogP contribution in [0.4, 0.5) is 11.9 Å². The highest BCUT2D eigenvalue weighted by atomic mass is 35.5. The lowest BCUT2D eigenvalue weighted by Crippen LogP contribution is -2.15. The SMILES string of the molecule is CN(C)c1nc(Cl)nc(Sc2nc(Oc3ccccc3)nc(N(C)C)n2)n1. The molecule has 27 heavy (non-hydrogen) atoms. The van der Waals surface area contributed by atoms with E-state index < -0.39 is 0 Å². The Morgan fingerprint density at radius 2 is 1.37 bits per heavy atom. The minimum atomic E-state index is 0.0962. The maximum Gasteiger partial charge on any atom is 0.327 e. The molecule has 0 saturated heterocycles. The van der Waals surface area contributed by atoms with Gasteiger partial charge in [0.2, 0.25) is 27.5 Å². The van der Waals surface area contributed by atoms with Crippen molar-refractivity contribution in [3.8, 4) is 11.8 Å². The molecule has 0 fully saturated rings. The van der Waals surface area contributed by atoms with E-state index in [9.17, 15) is 0 Å². The van der Waals surface area contributed by atoms with Crippen LogP contribution in [0.5, 0.6) is 11.8 Å². The van der Waals surface area contributed by atoms with E-state index >= 15 is 0 Å². The van der Waals surface area contributed by atoms with Crippen LogP contribution in [-0.4, -0.2) is 58.1 Å². The number of nitrogens with zero attached hydrogens (tertiary/aromatic N) is 8. The van der Waals surface area contributed by atoms with Gasteiger partial charge in [-0.1, -0.05) is 18.2 Å². The number of hydrogen-bond acceptors (Lipinski definition) is 10. The maximum atomic E-state index is 5.99. The van der Waals surface area contributed by atoms with Gasteiger partial charge in [-0.15, -0.1) is 0 Å². The van der Waals surface area contributed by atoms with Gasteiger partial charge in [-0.2, -0.15) is 29.9 Å². The fourth-order valence-electron chi connectivity index (χ4n) is 1.86. The molecule has 0 aliphatic carbocycles. The molecule has 0 radical (unpaired) electrons. The summed E-state index contributed by atoms with van der Waals surface area (Å²) in [7, 11) is 7.30. The Morgan fingerprint density at radius 1 is 0.778 bits per heavy atom. The predicted molar refractivity (Wildman–Crippen MR) is 104 cm³/mol. The molecular formula is C16H17ClN8OS. The number of para-hydroxylation sites is 1. The van der Waals surface area contributed by atoms with Gasteiger partial charge in [-0.3, -0.25) is 0 Å². The molecule has 3 rings (SSSR count). The normalized spacial score (nSPS) is 10.6. The Bertz CT molecular complexity index is 926. The molecule has 0 aliphatic heterocycles. The third kappa shape index (κ3) is 5.14. The first-order chi connectivity index (χ1) is 12.9. The van der Waals surface area contributed by atoms with Crippen molar-refractivity contribution in [2.75, 3.05) is 38.0 Å². The molecule has 2 heterocycles. The Hall–Kier alpha value is -2.72. The van der Waals surface area contributed by atoms with Crippen LogP contribution in [0, 0.1) is 0 Å². The molecule has 0 saturated carbocycles. The van der Waals surface area contributed by atoms with Gasteiger partial charge in [0.1, 0.15) is 5.75 Å². The average Bonchev–Trinajstić information content (AvgIpc) is 2.61. The Kier molecular flexibility index (Phi) is 5.87. The minimum Gasteiger partial charge on any atom is -0.424 e. The summed E-state index contributed by atoms with van der Waals surface area (Å²) in [5, 5.41) is 0.853. The topological polar surface area (TPSA) is 93.0 Å². The van der Waals surface area contributed by atoms with Gasteiger partial charge in [0.15, 0.2) is 0 Å². The molecule has 1 aromatic carbocycles. The zero-order chi connectivity index (χ0) is 19.4. The van der Waals surface area contributed by atoms with Gasteiger partial charge in [0.05, 0.1) is 0 Å². The number of anilines is 2. The molecule has 0 bridgehead atoms. The Labute approximate surface area is 165 Å². The zero-order valence-electron chi connectivity index (χ0n) is 15.2. The molecule has 11 heteroatoms. The van der Waals surface area contributed by atoms with Gasteiger partial charge < -0.3 is 14.5 Å². The van der Waals surface area contributed by atoms with Gasteiger partial charge in [0.25, 0.3) is 0 Å². The molecule has 0 spiro atoms. The van der Waals surface area contributed by atoms with E-state index in [1.807, 2.05) is 58.5 Å². The monoisotopic (exact) mass is 404 g/mol. The van der Waals surface area contributed by atoms with Crippen LogP contribution < -0.4 is 14.5 Å². The maximum absolute atomic E-state index is 5.99. The molecule has 0 N–H and O–H groups in total. The number of hydrogen-bond donors (Lipinski definition) is 0. The Morgan fingerprint density at radius 3 is 2.00 bits per heavy atom. The number of ether oxygens (including phenoxy) is 1. The summed E-state index contributed by atoms with van der Waals surface area (Å²) in [6.45, 7) is 0. The minimum absolute atomic E-state index is 0.0962. The first-order valence-corrected chi connectivity index (χ1v) is 9.03. The van der Waals surface area contributed by atoms with Crippen molar-refractivity contribution in [2.24, 2.45) is 0 Å². The summed E-state index contributed by atoms with van der Waals surface area (Å²) in [5.74, 6) is 1.52. The molecule has 0 unspecified atom stereocenters. The molecule has 3 aromatic rings. The number of rotatable bonds is 6. The highest BCUT2D eigenvalue weighted by Gasteiger charge is 2.14. The molecular weight excluding hydrogens is 388 g/mol. The third-order valence-electron chi connectivity index (χ3n) is 3.09. The number of benzene rings is 1. The standard InChI is InChI=1S/C16H17ClN8OS/c1-24(2)12-18-11(17)19-15(21-12)27-16-22-13(25(3)4)20-14(23-16)26-10-8-6-5-7-9-10/h5-9H,1-4H3. The molecule has 0 atom stereocenters. The molecule has 9 nitrogen and oxygen atoms in total. The van der Waals surface area contributed by atoms with E-state index in [1.165, 1.54) is 0 Å². The van der Waals surface area contributed by atoms with E-state index in [-0.39, 0.29) is 11.3 Å². The van der Waals surface area contributed by atoms with E-state index in [0.29, 0.717) is 28.0 Å². The van der Waals surface area contributed by atoms with E-state index in [1.54, 1.807) is 9.80 Å². The highest BCUT2D eigenvalue weighted by molar-refractivity contribution is 7.99. The van der Waals surface area contributed by atoms with Crippen LogP contribution >= 0.6 is 23.4 Å². The second-order valence-electron chi connectivity index (χ2n) is 5.69. The fourth-order valence-corrected chi connectivity index (χ4v) is 2.74. The second kappa shape index (κ2) is 8.31. The van der Waals surface area contributed by atoms with E-state index in [0.717, 1.165) is 11.8 Å². The first kappa shape index (κ1) is 19.1. The van der Waals surface area contributed by atoms with E-state index in [4.69, 9.17) is 16.3 Å². The third-order valence-corrected chi connectivity index (χ3v) is 3.99. The summed E-state index contributed by atoms with van der Waals surface area (Å²) < 4.78 is 5.74. The van der Waals surface area contributed by atoms with Gasteiger partial charge >= 0.3 is 6.01 Å². The Balaban J connectivity index is 1.93. The van der Waals surface area contributed by atoms with Crippen LogP contribution in [0.3, 0.4) is 0 Å². The molecule has 0 amide bonds. The zero-order valence-corrected chi connectivity index (χ0v) is 16.7. The van der Waals surface area contributed by atoms with Crippen molar-refractivity contribution in [2.45, 2.75) is 10.3 Å². The molecule has 140 valence electrons. The quantitative estimate of drug-likeness (QED) is 0.610. The number of halogens is 1. The van der Waals surface area contributed by atoms with Crippen molar-refractivity contribution in [3.05, 3.63) is 35.6 Å². The second-order valence-corrected chi connectivity index (χ2v) is 6.97. The van der Waals surface area contributed by atoms with Crippen LogP contribution in [0.15, 0.2) is 40.6 Å². The largest absolute Gasteiger partial charge is 0.424 e. The van der Waals surface area contributed by atoms with Gasteiger partial charge in [0, 0.05) is 28.2 Å². The van der Waals surface area contributed by atoms with Crippen molar-refractivity contribution < 1.29 is 4.74 Å². The van der Waals surface area contributed by atoms with Crippen LogP contribution in [0.25, 0.3) is 0 Å². The van der Waals surface area contributed by atoms with Crippen molar-refractivity contribution in [3.63, 3.8) is 0 Å². The first-order valence-electron chi connectivity index (χ1n) is 7.84. The molecule has 2 aromatic heterocycles. The average molecular weight is 405 g/mol. The smallest absolute Gasteiger partial charge is 0.327 e. The van der Waals surface area contributed by atoms with E-state index in [2.05, 4.69) is 29.9 Å². The summed E-state index contributed by atoms with van der Waals surface area (Å²) in [6, 6.07) is 9.46. The fraction of sp³-hybridized carbons (Fsp3) is 0.250. The van der Waals surface area contributed by atoms with Gasteiger partial charge in [-0.25, -0.2) is 0 Å². The summed E-state index contributed by atoms with van der Waals surface area (Å²) in [6.07, 6.45) is 0. The van der Waals surface area contributed by atoms with Crippen molar-refractivity contribution >= 4 is 35.3 Å².